The van der Waals surface area contributed by atoms with E-state index in [-0.39, 0.29) is 14.2 Å². The Bertz CT molecular complexity index is 950. The summed E-state index contributed by atoms with van der Waals surface area (Å²) in [6.45, 7) is 6.30. The van der Waals surface area contributed by atoms with Gasteiger partial charge in [0.2, 0.25) is 0 Å². The number of hydrogen-bond acceptors (Lipinski definition) is 4. The summed E-state index contributed by atoms with van der Waals surface area (Å²) in [5, 5.41) is 2.50. The summed E-state index contributed by atoms with van der Waals surface area (Å²) >= 11 is 0. The Morgan fingerprint density at radius 3 is 1.71 bits per heavy atom. The summed E-state index contributed by atoms with van der Waals surface area (Å²) in [6.07, 6.45) is 6.92. The zero-order valence-electron chi connectivity index (χ0n) is 18.5. The standard InChI is InChI=1S/C24H31B2NO4/c1-2-3-4-5-12-27-23-10-8-19(25-28-13-6-14-29-25)17-21(23)22-18-20(9-11-24(22)27)26-30-15-7-16-31-26/h8-11,17-18H,2-7,12-16H2,1H3. The van der Waals surface area contributed by atoms with E-state index in [1.54, 1.807) is 0 Å². The predicted octanol–water partition coefficient (Wildman–Crippen LogP) is 3.64. The molecule has 0 spiro atoms. The maximum absolute atomic E-state index is 5.87. The van der Waals surface area contributed by atoms with Crippen molar-refractivity contribution < 1.29 is 18.6 Å². The molecule has 2 aliphatic heterocycles. The summed E-state index contributed by atoms with van der Waals surface area (Å²) in [5.41, 5.74) is 4.72. The van der Waals surface area contributed by atoms with Crippen LogP contribution in [-0.4, -0.2) is 45.2 Å². The zero-order chi connectivity index (χ0) is 21.0. The first-order valence-electron chi connectivity index (χ1n) is 11.9. The molecule has 0 atom stereocenters. The van der Waals surface area contributed by atoms with E-state index >= 15 is 0 Å². The van der Waals surface area contributed by atoms with E-state index in [0.717, 1.165) is 56.7 Å². The van der Waals surface area contributed by atoms with Gasteiger partial charge in [-0.25, -0.2) is 0 Å². The van der Waals surface area contributed by atoms with Gasteiger partial charge in [0.15, 0.2) is 0 Å². The van der Waals surface area contributed by atoms with Crippen LogP contribution in [0.4, 0.5) is 0 Å². The molecule has 0 aliphatic carbocycles. The number of rotatable bonds is 7. The molecule has 2 aromatic carbocycles. The number of nitrogens with zero attached hydrogens (tertiary/aromatic N) is 1. The molecule has 0 saturated carbocycles. The molecule has 5 rings (SSSR count). The Kier molecular flexibility index (Phi) is 6.65. The van der Waals surface area contributed by atoms with Crippen molar-refractivity contribution in [1.82, 2.24) is 4.57 Å². The van der Waals surface area contributed by atoms with Crippen LogP contribution in [0.15, 0.2) is 36.4 Å². The van der Waals surface area contributed by atoms with Crippen molar-refractivity contribution in [3.8, 4) is 0 Å². The smallest absolute Gasteiger partial charge is 0.407 e. The van der Waals surface area contributed by atoms with Crippen LogP contribution in [0, 0.1) is 0 Å². The highest BCUT2D eigenvalue weighted by Gasteiger charge is 2.27. The fraction of sp³-hybridized carbons (Fsp3) is 0.500. The average molecular weight is 419 g/mol. The number of fused-ring (bicyclic) bond motifs is 3. The Morgan fingerprint density at radius 1 is 0.710 bits per heavy atom. The number of unbranched alkanes of at least 4 members (excludes halogenated alkanes) is 3. The van der Waals surface area contributed by atoms with E-state index in [9.17, 15) is 0 Å². The minimum absolute atomic E-state index is 0.269. The molecule has 1 aromatic heterocycles. The van der Waals surface area contributed by atoms with Crippen molar-refractivity contribution in [1.29, 1.82) is 0 Å². The first-order chi connectivity index (χ1) is 15.3. The average Bonchev–Trinajstić information content (AvgIpc) is 3.15. The van der Waals surface area contributed by atoms with E-state index in [4.69, 9.17) is 18.6 Å². The van der Waals surface area contributed by atoms with Crippen LogP contribution in [0.1, 0.15) is 45.4 Å². The highest BCUT2D eigenvalue weighted by Crippen LogP contribution is 2.29. The molecule has 0 unspecified atom stereocenters. The van der Waals surface area contributed by atoms with Crippen molar-refractivity contribution in [3.05, 3.63) is 36.4 Å². The fourth-order valence-corrected chi connectivity index (χ4v) is 4.73. The second-order valence-corrected chi connectivity index (χ2v) is 8.62. The zero-order valence-corrected chi connectivity index (χ0v) is 18.5. The van der Waals surface area contributed by atoms with E-state index in [0.29, 0.717) is 0 Å². The molecule has 2 fully saturated rings. The first kappa shape index (κ1) is 21.1. The second-order valence-electron chi connectivity index (χ2n) is 8.62. The van der Waals surface area contributed by atoms with E-state index < -0.39 is 0 Å². The normalized spacial score (nSPS) is 17.7. The molecule has 5 nitrogen and oxygen atoms in total. The van der Waals surface area contributed by atoms with Crippen molar-refractivity contribution >= 4 is 47.0 Å². The van der Waals surface area contributed by atoms with Gasteiger partial charge in [0.1, 0.15) is 0 Å². The second kappa shape index (κ2) is 9.78. The van der Waals surface area contributed by atoms with Crippen LogP contribution < -0.4 is 10.9 Å². The quantitative estimate of drug-likeness (QED) is 0.434. The maximum atomic E-state index is 5.87. The van der Waals surface area contributed by atoms with Crippen LogP contribution in [0.2, 0.25) is 0 Å². The lowest BCUT2D eigenvalue weighted by Gasteiger charge is -2.20. The van der Waals surface area contributed by atoms with Gasteiger partial charge in [-0.1, -0.05) is 50.5 Å². The summed E-state index contributed by atoms with van der Waals surface area (Å²) in [7, 11) is -0.538. The van der Waals surface area contributed by atoms with E-state index in [1.165, 1.54) is 47.5 Å². The van der Waals surface area contributed by atoms with Crippen LogP contribution in [0.3, 0.4) is 0 Å². The SMILES string of the molecule is CCCCCCn1c2ccc(B3OCCCO3)cc2c2cc(B3OCCCO3)ccc21. The summed E-state index contributed by atoms with van der Waals surface area (Å²) in [4.78, 5) is 0. The lowest BCUT2D eigenvalue weighted by atomic mass is 9.76. The number of hydrogen-bond donors (Lipinski definition) is 0. The van der Waals surface area contributed by atoms with Crippen LogP contribution in [0.25, 0.3) is 21.8 Å². The van der Waals surface area contributed by atoms with Gasteiger partial charge in [-0.3, -0.25) is 0 Å². The number of aryl methyl sites for hydroxylation is 1. The molecule has 3 aromatic rings. The van der Waals surface area contributed by atoms with Crippen molar-refractivity contribution in [2.45, 2.75) is 52.0 Å². The lowest BCUT2D eigenvalue weighted by Crippen LogP contribution is -2.41. The van der Waals surface area contributed by atoms with Crippen LogP contribution >= 0.6 is 0 Å². The Morgan fingerprint density at radius 2 is 1.23 bits per heavy atom. The third-order valence-corrected chi connectivity index (χ3v) is 6.35. The summed E-state index contributed by atoms with van der Waals surface area (Å²) in [6, 6.07) is 13.3. The molecule has 0 N–H and O–H groups in total. The molecule has 162 valence electrons. The van der Waals surface area contributed by atoms with Gasteiger partial charge in [-0.2, -0.15) is 0 Å². The van der Waals surface area contributed by atoms with Crippen molar-refractivity contribution in [3.63, 3.8) is 0 Å². The molecular formula is C24H31B2NO4. The monoisotopic (exact) mass is 419 g/mol. The third kappa shape index (κ3) is 4.42. The van der Waals surface area contributed by atoms with E-state index in [2.05, 4.69) is 47.9 Å². The Hall–Kier alpha value is -1.79. The highest BCUT2D eigenvalue weighted by atomic mass is 16.6. The van der Waals surface area contributed by atoms with Crippen LogP contribution in [0.5, 0.6) is 0 Å². The highest BCUT2D eigenvalue weighted by molar-refractivity contribution is 6.62. The van der Waals surface area contributed by atoms with Gasteiger partial charge in [-0.15, -0.1) is 0 Å². The van der Waals surface area contributed by atoms with Crippen LogP contribution in [-0.2, 0) is 25.2 Å². The third-order valence-electron chi connectivity index (χ3n) is 6.35. The van der Waals surface area contributed by atoms with Crippen molar-refractivity contribution in [2.75, 3.05) is 26.4 Å². The molecule has 7 heteroatoms. The van der Waals surface area contributed by atoms with E-state index in [1.807, 2.05) is 0 Å². The maximum Gasteiger partial charge on any atom is 0.493 e. The molecule has 3 heterocycles. The predicted molar refractivity (Wildman–Crippen MR) is 127 cm³/mol. The molecule has 2 aliphatic rings. The molecule has 2 saturated heterocycles. The van der Waals surface area contributed by atoms with Gasteiger partial charge < -0.3 is 23.2 Å². The summed E-state index contributed by atoms with van der Waals surface area (Å²) in [5.74, 6) is 0. The number of benzene rings is 2. The molecular weight excluding hydrogens is 388 g/mol. The van der Waals surface area contributed by atoms with Gasteiger partial charge in [-0.05, 0) is 42.3 Å². The summed E-state index contributed by atoms with van der Waals surface area (Å²) < 4.78 is 26.0. The molecule has 0 bridgehead atoms. The van der Waals surface area contributed by atoms with Gasteiger partial charge in [0.25, 0.3) is 0 Å². The molecule has 0 amide bonds. The first-order valence-corrected chi connectivity index (χ1v) is 11.9. The Balaban J connectivity index is 1.56. The minimum atomic E-state index is -0.269. The van der Waals surface area contributed by atoms with Crippen molar-refractivity contribution in [2.24, 2.45) is 0 Å². The topological polar surface area (TPSA) is 41.9 Å². The number of aromatic nitrogens is 1. The minimum Gasteiger partial charge on any atom is -0.407 e. The van der Waals surface area contributed by atoms with Gasteiger partial charge in [0.05, 0.1) is 0 Å². The molecule has 31 heavy (non-hydrogen) atoms. The van der Waals surface area contributed by atoms with Gasteiger partial charge in [0, 0.05) is 54.8 Å². The fourth-order valence-electron chi connectivity index (χ4n) is 4.73. The molecule has 0 radical (unpaired) electrons. The largest absolute Gasteiger partial charge is 0.493 e. The van der Waals surface area contributed by atoms with Gasteiger partial charge >= 0.3 is 14.2 Å². The lowest BCUT2D eigenvalue weighted by molar-refractivity contribution is 0.143. The Labute approximate surface area is 185 Å².